The van der Waals surface area contributed by atoms with Crippen LogP contribution < -0.4 is 9.64 Å². The van der Waals surface area contributed by atoms with Gasteiger partial charge in [0.15, 0.2) is 0 Å². The van der Waals surface area contributed by atoms with Gasteiger partial charge in [-0.05, 0) is 47.5 Å². The zero-order valence-electron chi connectivity index (χ0n) is 14.1. The van der Waals surface area contributed by atoms with Crippen molar-refractivity contribution in [1.82, 2.24) is 20.2 Å². The van der Waals surface area contributed by atoms with Crippen LogP contribution in [0.25, 0.3) is 11.4 Å². The van der Waals surface area contributed by atoms with Crippen molar-refractivity contribution in [3.63, 3.8) is 0 Å². The second kappa shape index (κ2) is 6.76. The number of halogens is 1. The molecule has 8 heteroatoms. The third-order valence-corrected chi connectivity index (χ3v) is 4.53. The molecular formula is C18H16ClN5O2. The summed E-state index contributed by atoms with van der Waals surface area (Å²) in [6.07, 6.45) is 0.793. The summed E-state index contributed by atoms with van der Waals surface area (Å²) in [6.45, 7) is 0.658. The minimum absolute atomic E-state index is 0.0268. The normalized spacial score (nSPS) is 12.9. The molecular weight excluding hydrogens is 354 g/mol. The fourth-order valence-corrected chi connectivity index (χ4v) is 3.22. The minimum Gasteiger partial charge on any atom is -0.497 e. The smallest absolute Gasteiger partial charge is 0.250 e. The highest BCUT2D eigenvalue weighted by atomic mass is 35.5. The van der Waals surface area contributed by atoms with Crippen LogP contribution in [0.15, 0.2) is 42.5 Å². The Morgan fingerprint density at radius 1 is 1.27 bits per heavy atom. The lowest BCUT2D eigenvalue weighted by atomic mass is 10.2. The van der Waals surface area contributed by atoms with Gasteiger partial charge in [-0.2, -0.15) is 4.80 Å². The van der Waals surface area contributed by atoms with E-state index in [0.717, 1.165) is 23.2 Å². The predicted molar refractivity (Wildman–Crippen MR) is 97.3 cm³/mol. The summed E-state index contributed by atoms with van der Waals surface area (Å²) in [5, 5.41) is 13.0. The van der Waals surface area contributed by atoms with Gasteiger partial charge in [0.05, 0.1) is 7.11 Å². The van der Waals surface area contributed by atoms with Crippen LogP contribution in [-0.2, 0) is 17.8 Å². The summed E-state index contributed by atoms with van der Waals surface area (Å²) in [7, 11) is 1.60. The van der Waals surface area contributed by atoms with Crippen molar-refractivity contribution in [1.29, 1.82) is 0 Å². The van der Waals surface area contributed by atoms with Gasteiger partial charge in [0.1, 0.15) is 12.3 Å². The first-order valence-electron chi connectivity index (χ1n) is 8.15. The van der Waals surface area contributed by atoms with Crippen LogP contribution in [-0.4, -0.2) is 39.8 Å². The summed E-state index contributed by atoms with van der Waals surface area (Å²) < 4.78 is 5.20. The van der Waals surface area contributed by atoms with Crippen molar-refractivity contribution in [2.24, 2.45) is 0 Å². The van der Waals surface area contributed by atoms with E-state index in [2.05, 4.69) is 15.4 Å². The van der Waals surface area contributed by atoms with Gasteiger partial charge in [-0.25, -0.2) is 0 Å². The number of ether oxygens (including phenoxy) is 1. The Balaban J connectivity index is 1.50. The first kappa shape index (κ1) is 16.5. The van der Waals surface area contributed by atoms with Gasteiger partial charge in [-0.15, -0.1) is 10.2 Å². The van der Waals surface area contributed by atoms with E-state index in [-0.39, 0.29) is 12.5 Å². The number of carbonyl (C=O) groups excluding carboxylic acids is 1. The first-order valence-corrected chi connectivity index (χ1v) is 8.53. The Bertz CT molecular complexity index is 972. The van der Waals surface area contributed by atoms with E-state index < -0.39 is 0 Å². The van der Waals surface area contributed by atoms with Crippen molar-refractivity contribution in [3.8, 4) is 17.1 Å². The van der Waals surface area contributed by atoms with Crippen molar-refractivity contribution in [2.45, 2.75) is 13.0 Å². The van der Waals surface area contributed by atoms with Crippen molar-refractivity contribution in [2.75, 3.05) is 18.6 Å². The fraction of sp³-hybridized carbons (Fsp3) is 0.222. The van der Waals surface area contributed by atoms with E-state index in [1.54, 1.807) is 18.1 Å². The van der Waals surface area contributed by atoms with Crippen molar-refractivity contribution < 1.29 is 9.53 Å². The molecule has 1 aliphatic heterocycles. The van der Waals surface area contributed by atoms with Crippen LogP contribution in [0.4, 0.5) is 5.69 Å². The number of methoxy groups -OCH3 is 1. The summed E-state index contributed by atoms with van der Waals surface area (Å²) in [5.41, 5.74) is 2.76. The van der Waals surface area contributed by atoms with Gasteiger partial charge in [0.25, 0.3) is 5.91 Å². The van der Waals surface area contributed by atoms with Crippen molar-refractivity contribution in [3.05, 3.63) is 53.1 Å². The molecule has 132 valence electrons. The summed E-state index contributed by atoms with van der Waals surface area (Å²) in [4.78, 5) is 15.7. The molecule has 2 heterocycles. The average molecular weight is 370 g/mol. The maximum atomic E-state index is 12.7. The Hall–Kier alpha value is -2.93. The molecule has 0 radical (unpaired) electrons. The largest absolute Gasteiger partial charge is 0.497 e. The molecule has 0 bridgehead atoms. The van der Waals surface area contributed by atoms with E-state index in [0.29, 0.717) is 23.1 Å². The number of amides is 1. The SMILES string of the molecule is COc1cccc(-c2nnn(CC(=O)N3CCc4cc(Cl)ccc43)n2)c1. The van der Waals surface area contributed by atoms with Crippen LogP contribution in [0.3, 0.4) is 0 Å². The molecule has 0 spiro atoms. The highest BCUT2D eigenvalue weighted by Gasteiger charge is 2.25. The second-order valence-corrected chi connectivity index (χ2v) is 6.38. The first-order chi connectivity index (χ1) is 12.6. The maximum absolute atomic E-state index is 12.7. The summed E-state index contributed by atoms with van der Waals surface area (Å²) in [5.74, 6) is 1.08. The van der Waals surface area contributed by atoms with Gasteiger partial charge in [0, 0.05) is 22.8 Å². The second-order valence-electron chi connectivity index (χ2n) is 5.94. The molecule has 0 unspecified atom stereocenters. The van der Waals surface area contributed by atoms with Crippen molar-refractivity contribution >= 4 is 23.2 Å². The molecule has 0 aliphatic carbocycles. The van der Waals surface area contributed by atoms with Crippen LogP contribution in [0, 0.1) is 0 Å². The number of aromatic nitrogens is 4. The Labute approximate surface area is 155 Å². The Kier molecular flexibility index (Phi) is 4.30. The van der Waals surface area contributed by atoms with E-state index in [1.165, 1.54) is 4.80 Å². The number of hydrogen-bond donors (Lipinski definition) is 0. The number of anilines is 1. The third kappa shape index (κ3) is 3.13. The average Bonchev–Trinajstić information content (AvgIpc) is 3.28. The summed E-state index contributed by atoms with van der Waals surface area (Å²) in [6, 6.07) is 13.0. The molecule has 1 aromatic heterocycles. The number of fused-ring (bicyclic) bond motifs is 1. The predicted octanol–water partition coefficient (Wildman–Crippen LogP) is 2.59. The third-order valence-electron chi connectivity index (χ3n) is 4.30. The lowest BCUT2D eigenvalue weighted by Crippen LogP contribution is -2.32. The van der Waals surface area contributed by atoms with Gasteiger partial charge < -0.3 is 9.64 Å². The lowest BCUT2D eigenvalue weighted by molar-refractivity contribution is -0.119. The molecule has 3 aromatic rings. The number of nitrogens with zero attached hydrogens (tertiary/aromatic N) is 5. The monoisotopic (exact) mass is 369 g/mol. The van der Waals surface area contributed by atoms with E-state index in [9.17, 15) is 4.79 Å². The number of carbonyl (C=O) groups is 1. The molecule has 0 saturated carbocycles. The van der Waals surface area contributed by atoms with Crippen LogP contribution in [0.1, 0.15) is 5.56 Å². The number of tetrazole rings is 1. The van der Waals surface area contributed by atoms with E-state index in [1.807, 2.05) is 36.4 Å². The van der Waals surface area contributed by atoms with Gasteiger partial charge in [0.2, 0.25) is 5.82 Å². The molecule has 7 nitrogen and oxygen atoms in total. The zero-order valence-corrected chi connectivity index (χ0v) is 14.8. The number of hydrogen-bond acceptors (Lipinski definition) is 5. The molecule has 1 aliphatic rings. The number of rotatable bonds is 4. The van der Waals surface area contributed by atoms with Crippen LogP contribution >= 0.6 is 11.6 Å². The highest BCUT2D eigenvalue weighted by Crippen LogP contribution is 2.30. The fourth-order valence-electron chi connectivity index (χ4n) is 3.02. The van der Waals surface area contributed by atoms with E-state index >= 15 is 0 Å². The Morgan fingerprint density at radius 2 is 2.15 bits per heavy atom. The molecule has 1 amide bonds. The topological polar surface area (TPSA) is 73.1 Å². The van der Waals surface area contributed by atoms with Gasteiger partial charge in [-0.1, -0.05) is 23.7 Å². The molecule has 4 rings (SSSR count). The molecule has 0 atom stereocenters. The van der Waals surface area contributed by atoms with Crippen LogP contribution in [0.5, 0.6) is 5.75 Å². The lowest BCUT2D eigenvalue weighted by Gasteiger charge is -2.16. The standard InChI is InChI=1S/C18H16ClN5O2/c1-26-15-4-2-3-13(10-15)18-20-22-24(21-18)11-17(25)23-8-7-12-9-14(19)5-6-16(12)23/h2-6,9-10H,7-8,11H2,1H3. The quantitative estimate of drug-likeness (QED) is 0.706. The molecule has 0 N–H and O–H groups in total. The Morgan fingerprint density at radius 3 is 3.00 bits per heavy atom. The summed E-state index contributed by atoms with van der Waals surface area (Å²) >= 11 is 6.02. The van der Waals surface area contributed by atoms with E-state index in [4.69, 9.17) is 16.3 Å². The zero-order chi connectivity index (χ0) is 18.1. The molecule has 0 fully saturated rings. The van der Waals surface area contributed by atoms with Crippen LogP contribution in [0.2, 0.25) is 5.02 Å². The van der Waals surface area contributed by atoms with Gasteiger partial charge in [-0.3, -0.25) is 4.79 Å². The molecule has 26 heavy (non-hydrogen) atoms. The molecule has 2 aromatic carbocycles. The highest BCUT2D eigenvalue weighted by molar-refractivity contribution is 6.30. The van der Waals surface area contributed by atoms with Gasteiger partial charge >= 0.3 is 0 Å². The maximum Gasteiger partial charge on any atom is 0.250 e. The minimum atomic E-state index is -0.0827. The number of benzene rings is 2. The molecule has 0 saturated heterocycles.